The maximum Gasteiger partial charge on any atom is 0.190 e. The molecule has 2 heterocycles. The number of nitrogens with zero attached hydrogens (tertiary/aromatic N) is 4. The Morgan fingerprint density at radius 3 is 2.81 bits per heavy atom. The topological polar surface area (TPSA) is 66.6 Å². The lowest BCUT2D eigenvalue weighted by molar-refractivity contribution is 0.719. The fourth-order valence-electron chi connectivity index (χ4n) is 1.96. The number of aromatic nitrogens is 3. The molecule has 2 aromatic rings. The lowest BCUT2D eigenvalue weighted by Crippen LogP contribution is -2.38. The number of guanidine groups is 1. The van der Waals surface area contributed by atoms with Crippen LogP contribution in [0.1, 0.15) is 25.6 Å². The molecule has 2 aromatic heterocycles. The second-order valence-electron chi connectivity index (χ2n) is 4.57. The molecule has 21 heavy (non-hydrogen) atoms. The summed E-state index contributed by atoms with van der Waals surface area (Å²) in [7, 11) is 1.79. The van der Waals surface area contributed by atoms with Crippen LogP contribution in [0.4, 0.5) is 0 Å². The summed E-state index contributed by atoms with van der Waals surface area (Å²) in [5, 5.41) is 14.9. The Balaban J connectivity index is 0.00000220. The molecule has 116 valence electrons. The highest BCUT2D eigenvalue weighted by Crippen LogP contribution is 2.02. The van der Waals surface area contributed by atoms with E-state index in [4.69, 9.17) is 0 Å². The Hall–Kier alpha value is -1.38. The molecule has 0 saturated heterocycles. The molecule has 0 fully saturated rings. The van der Waals surface area contributed by atoms with Gasteiger partial charge in [0.2, 0.25) is 0 Å². The van der Waals surface area contributed by atoms with Crippen molar-refractivity contribution in [2.45, 2.75) is 26.2 Å². The first kappa shape index (κ1) is 17.7. The van der Waals surface area contributed by atoms with Crippen LogP contribution in [0.5, 0.6) is 0 Å². The summed E-state index contributed by atoms with van der Waals surface area (Å²) in [6, 6.07) is 5.90. The first-order valence-electron chi connectivity index (χ1n) is 7.08. The number of unbranched alkanes of at least 4 members (excludes halogenated alkanes) is 1. The van der Waals surface area contributed by atoms with Gasteiger partial charge in [-0.15, -0.1) is 34.2 Å². The van der Waals surface area contributed by atoms with Crippen molar-refractivity contribution in [3.8, 4) is 0 Å². The predicted octanol–water partition coefficient (Wildman–Crippen LogP) is 1.85. The third-order valence-corrected chi connectivity index (χ3v) is 3.07. The zero-order valence-corrected chi connectivity index (χ0v) is 14.9. The zero-order chi connectivity index (χ0) is 14.2. The van der Waals surface area contributed by atoms with Crippen molar-refractivity contribution in [1.29, 1.82) is 0 Å². The fourth-order valence-corrected chi connectivity index (χ4v) is 1.96. The van der Waals surface area contributed by atoms with Crippen LogP contribution in [-0.4, -0.2) is 40.7 Å². The van der Waals surface area contributed by atoms with Gasteiger partial charge in [0.25, 0.3) is 0 Å². The van der Waals surface area contributed by atoms with Crippen LogP contribution in [0.2, 0.25) is 0 Å². The van der Waals surface area contributed by atoms with Gasteiger partial charge in [0, 0.05) is 32.8 Å². The number of rotatable bonds is 6. The van der Waals surface area contributed by atoms with Crippen LogP contribution in [0.3, 0.4) is 0 Å². The normalized spacial score (nSPS) is 11.2. The van der Waals surface area contributed by atoms with Crippen LogP contribution in [-0.2, 0) is 6.42 Å². The molecule has 0 aromatic carbocycles. The van der Waals surface area contributed by atoms with Crippen LogP contribution in [0.25, 0.3) is 5.65 Å². The van der Waals surface area contributed by atoms with Crippen LogP contribution in [0, 0.1) is 0 Å². The van der Waals surface area contributed by atoms with E-state index >= 15 is 0 Å². The van der Waals surface area contributed by atoms with E-state index in [9.17, 15) is 0 Å². The number of halogens is 1. The molecular formula is C14H23IN6. The van der Waals surface area contributed by atoms with Crippen molar-refractivity contribution in [3.05, 3.63) is 30.2 Å². The molecule has 2 N–H and O–H groups in total. The minimum Gasteiger partial charge on any atom is -0.356 e. The van der Waals surface area contributed by atoms with Crippen LogP contribution in [0.15, 0.2) is 29.4 Å². The molecule has 2 rings (SSSR count). The molecular weight excluding hydrogens is 379 g/mol. The van der Waals surface area contributed by atoms with Gasteiger partial charge in [-0.2, -0.15) is 0 Å². The summed E-state index contributed by atoms with van der Waals surface area (Å²) in [4.78, 5) is 4.19. The monoisotopic (exact) mass is 402 g/mol. The third kappa shape index (κ3) is 5.14. The third-order valence-electron chi connectivity index (χ3n) is 3.07. The van der Waals surface area contributed by atoms with Crippen LogP contribution >= 0.6 is 24.0 Å². The van der Waals surface area contributed by atoms with E-state index in [-0.39, 0.29) is 24.0 Å². The quantitative estimate of drug-likeness (QED) is 0.335. The van der Waals surface area contributed by atoms with Crippen molar-refractivity contribution < 1.29 is 0 Å². The summed E-state index contributed by atoms with van der Waals surface area (Å²) in [5.74, 6) is 1.80. The van der Waals surface area contributed by atoms with Crippen molar-refractivity contribution >= 4 is 35.6 Å². The predicted molar refractivity (Wildman–Crippen MR) is 96.4 cm³/mol. The molecule has 6 nitrogen and oxygen atoms in total. The first-order valence-corrected chi connectivity index (χ1v) is 7.08. The highest BCUT2D eigenvalue weighted by molar-refractivity contribution is 14.0. The maximum atomic E-state index is 4.21. The van der Waals surface area contributed by atoms with Crippen molar-refractivity contribution in [2.24, 2.45) is 4.99 Å². The van der Waals surface area contributed by atoms with Gasteiger partial charge in [0.15, 0.2) is 11.6 Å². The standard InChI is InChI=1S/C14H22N6.HI/c1-3-4-9-16-14(15-2)17-10-8-13-19-18-12-7-5-6-11-20(12)13;/h5-7,11H,3-4,8-10H2,1-2H3,(H2,15,16,17);1H. The molecule has 0 aliphatic carbocycles. The molecule has 0 aliphatic rings. The number of hydrogen-bond donors (Lipinski definition) is 2. The lowest BCUT2D eigenvalue weighted by Gasteiger charge is -2.10. The van der Waals surface area contributed by atoms with Gasteiger partial charge in [-0.05, 0) is 18.6 Å². The van der Waals surface area contributed by atoms with Crippen molar-refractivity contribution in [2.75, 3.05) is 20.1 Å². The van der Waals surface area contributed by atoms with Gasteiger partial charge in [-0.25, -0.2) is 0 Å². The smallest absolute Gasteiger partial charge is 0.190 e. The Morgan fingerprint density at radius 1 is 1.24 bits per heavy atom. The number of nitrogens with one attached hydrogen (secondary N) is 2. The molecule has 0 spiro atoms. The molecule has 0 radical (unpaired) electrons. The second-order valence-corrected chi connectivity index (χ2v) is 4.57. The summed E-state index contributed by atoms with van der Waals surface area (Å²) >= 11 is 0. The Labute approximate surface area is 142 Å². The average molecular weight is 402 g/mol. The van der Waals surface area contributed by atoms with Gasteiger partial charge in [-0.1, -0.05) is 19.4 Å². The van der Waals surface area contributed by atoms with E-state index in [1.165, 1.54) is 6.42 Å². The van der Waals surface area contributed by atoms with Gasteiger partial charge < -0.3 is 10.6 Å². The highest BCUT2D eigenvalue weighted by Gasteiger charge is 2.04. The minimum atomic E-state index is 0. The number of fused-ring (bicyclic) bond motifs is 1. The van der Waals surface area contributed by atoms with Gasteiger partial charge in [0.05, 0.1) is 0 Å². The number of hydrogen-bond acceptors (Lipinski definition) is 3. The Morgan fingerprint density at radius 2 is 2.05 bits per heavy atom. The molecule has 0 saturated carbocycles. The van der Waals surface area contributed by atoms with Gasteiger partial charge >= 0.3 is 0 Å². The van der Waals surface area contributed by atoms with E-state index in [2.05, 4.69) is 32.7 Å². The summed E-state index contributed by atoms with van der Waals surface area (Å²) in [5.41, 5.74) is 0.882. The van der Waals surface area contributed by atoms with E-state index in [1.54, 1.807) is 7.05 Å². The number of pyridine rings is 1. The average Bonchev–Trinajstić information content (AvgIpc) is 2.89. The van der Waals surface area contributed by atoms with Crippen molar-refractivity contribution in [3.63, 3.8) is 0 Å². The summed E-state index contributed by atoms with van der Waals surface area (Å²) in [6.45, 7) is 3.90. The van der Waals surface area contributed by atoms with E-state index in [0.717, 1.165) is 43.4 Å². The largest absolute Gasteiger partial charge is 0.356 e. The highest BCUT2D eigenvalue weighted by atomic mass is 127. The number of aliphatic imine (C=N–C) groups is 1. The molecule has 0 unspecified atom stereocenters. The molecule has 0 atom stereocenters. The molecule has 0 amide bonds. The fraction of sp³-hybridized carbons (Fsp3) is 0.500. The Bertz CT molecular complexity index is 565. The molecule has 0 bridgehead atoms. The maximum absolute atomic E-state index is 4.21. The minimum absolute atomic E-state index is 0. The molecule has 7 heteroatoms. The lowest BCUT2D eigenvalue weighted by atomic mass is 10.3. The van der Waals surface area contributed by atoms with E-state index < -0.39 is 0 Å². The summed E-state index contributed by atoms with van der Waals surface area (Å²) in [6.07, 6.45) is 5.11. The van der Waals surface area contributed by atoms with E-state index in [1.807, 2.05) is 28.8 Å². The zero-order valence-electron chi connectivity index (χ0n) is 12.5. The SMILES string of the molecule is CCCCNC(=NC)NCCc1nnc2ccccn12.I. The van der Waals surface area contributed by atoms with Gasteiger partial charge in [0.1, 0.15) is 5.82 Å². The Kier molecular flexibility index (Phi) is 8.03. The van der Waals surface area contributed by atoms with Crippen molar-refractivity contribution in [1.82, 2.24) is 25.2 Å². The summed E-state index contributed by atoms with van der Waals surface area (Å²) < 4.78 is 2.01. The first-order chi connectivity index (χ1) is 9.85. The van der Waals surface area contributed by atoms with Crippen LogP contribution < -0.4 is 10.6 Å². The van der Waals surface area contributed by atoms with Gasteiger partial charge in [-0.3, -0.25) is 9.39 Å². The second kappa shape index (κ2) is 9.54. The molecule has 0 aliphatic heterocycles. The van der Waals surface area contributed by atoms with E-state index in [0.29, 0.717) is 0 Å².